The van der Waals surface area contributed by atoms with Gasteiger partial charge in [0.25, 0.3) is 0 Å². The molecular weight excluding hydrogens is 242 g/mol. The smallest absolute Gasteiger partial charge is 0.133 e. The maximum Gasteiger partial charge on any atom is 0.133 e. The van der Waals surface area contributed by atoms with Crippen LogP contribution in [-0.4, -0.2) is 13.9 Å². The SMILES string of the molecule is [N-]=[N+]=Nc1ccc2c(S(=O)[O-])cccc2c1O. The Kier molecular flexibility index (Phi) is 2.97. The Hall–Kier alpha value is -2.08. The second-order valence-electron chi connectivity index (χ2n) is 3.21. The van der Waals surface area contributed by atoms with E-state index in [0.717, 1.165) is 0 Å². The molecule has 1 unspecified atom stereocenters. The van der Waals surface area contributed by atoms with Crippen LogP contribution in [0, 0.1) is 0 Å². The first-order valence-electron chi connectivity index (χ1n) is 4.54. The number of nitrogens with zero attached hydrogens (tertiary/aromatic N) is 3. The molecule has 0 fully saturated rings. The molecule has 0 amide bonds. The van der Waals surface area contributed by atoms with Crippen molar-refractivity contribution in [2.45, 2.75) is 4.90 Å². The van der Waals surface area contributed by atoms with E-state index in [2.05, 4.69) is 10.0 Å². The van der Waals surface area contributed by atoms with Crippen molar-refractivity contribution in [3.63, 3.8) is 0 Å². The van der Waals surface area contributed by atoms with Gasteiger partial charge in [0.05, 0.1) is 5.69 Å². The van der Waals surface area contributed by atoms with Gasteiger partial charge >= 0.3 is 0 Å². The average Bonchev–Trinajstić information content (AvgIpc) is 2.32. The zero-order valence-electron chi connectivity index (χ0n) is 8.40. The number of benzene rings is 2. The predicted octanol–water partition coefficient (Wildman–Crippen LogP) is 2.73. The zero-order chi connectivity index (χ0) is 12.4. The van der Waals surface area contributed by atoms with E-state index in [-0.39, 0.29) is 16.3 Å². The number of hydrogen-bond acceptors (Lipinski definition) is 4. The van der Waals surface area contributed by atoms with Crippen molar-refractivity contribution in [3.8, 4) is 5.75 Å². The molecular formula is C10H6N3O3S-. The fourth-order valence-corrected chi connectivity index (χ4v) is 2.12. The maximum atomic E-state index is 11.0. The van der Waals surface area contributed by atoms with Crippen LogP contribution >= 0.6 is 0 Å². The fraction of sp³-hybridized carbons (Fsp3) is 0. The van der Waals surface area contributed by atoms with Gasteiger partial charge in [-0.1, -0.05) is 23.3 Å². The Labute approximate surface area is 98.4 Å². The number of aromatic hydroxyl groups is 1. The summed E-state index contributed by atoms with van der Waals surface area (Å²) in [5, 5.41) is 13.8. The molecule has 86 valence electrons. The molecule has 0 aliphatic carbocycles. The predicted molar refractivity (Wildman–Crippen MR) is 61.6 cm³/mol. The molecule has 1 atom stereocenters. The van der Waals surface area contributed by atoms with E-state index in [1.165, 1.54) is 24.3 Å². The number of fused-ring (bicyclic) bond motifs is 1. The molecule has 0 saturated heterocycles. The molecule has 2 rings (SSSR count). The van der Waals surface area contributed by atoms with Gasteiger partial charge in [0.15, 0.2) is 0 Å². The largest absolute Gasteiger partial charge is 0.768 e. The van der Waals surface area contributed by atoms with Crippen LogP contribution in [0.4, 0.5) is 5.69 Å². The fourth-order valence-electron chi connectivity index (χ4n) is 1.58. The summed E-state index contributed by atoms with van der Waals surface area (Å²) in [5.74, 6) is -0.229. The molecule has 0 spiro atoms. The van der Waals surface area contributed by atoms with Gasteiger partial charge in [-0.05, 0) is 28.7 Å². The first-order chi connectivity index (χ1) is 8.15. The van der Waals surface area contributed by atoms with Crippen molar-refractivity contribution in [1.29, 1.82) is 0 Å². The first kappa shape index (κ1) is 11.4. The summed E-state index contributed by atoms with van der Waals surface area (Å²) < 4.78 is 21.9. The molecule has 0 aliphatic rings. The van der Waals surface area contributed by atoms with Gasteiger partial charge in [-0.3, -0.25) is 4.21 Å². The molecule has 2 aromatic carbocycles. The maximum absolute atomic E-state index is 11.0. The number of rotatable bonds is 2. The molecule has 1 N–H and O–H groups in total. The van der Waals surface area contributed by atoms with Gasteiger partial charge in [-0.15, -0.1) is 0 Å². The van der Waals surface area contributed by atoms with Crippen molar-refractivity contribution < 1.29 is 13.9 Å². The van der Waals surface area contributed by atoms with Crippen LogP contribution in [0.25, 0.3) is 21.2 Å². The van der Waals surface area contributed by atoms with Gasteiger partial charge in [0, 0.05) is 20.6 Å². The van der Waals surface area contributed by atoms with E-state index >= 15 is 0 Å². The van der Waals surface area contributed by atoms with Crippen LogP contribution in [0.15, 0.2) is 40.3 Å². The van der Waals surface area contributed by atoms with Gasteiger partial charge in [-0.2, -0.15) is 0 Å². The van der Waals surface area contributed by atoms with E-state index in [4.69, 9.17) is 5.53 Å². The summed E-state index contributed by atoms with van der Waals surface area (Å²) in [6, 6.07) is 7.35. The third kappa shape index (κ3) is 1.94. The summed E-state index contributed by atoms with van der Waals surface area (Å²) in [7, 11) is 0. The normalized spacial score (nSPS) is 12.1. The summed E-state index contributed by atoms with van der Waals surface area (Å²) in [6.07, 6.45) is 0. The second kappa shape index (κ2) is 4.42. The molecule has 17 heavy (non-hydrogen) atoms. The minimum absolute atomic E-state index is 0.0637. The number of phenols is 1. The van der Waals surface area contributed by atoms with Gasteiger partial charge in [-0.25, -0.2) is 0 Å². The van der Waals surface area contributed by atoms with E-state index in [1.54, 1.807) is 6.07 Å². The third-order valence-electron chi connectivity index (χ3n) is 2.30. The summed E-state index contributed by atoms with van der Waals surface area (Å²) in [4.78, 5) is 2.66. The Morgan fingerprint density at radius 1 is 1.29 bits per heavy atom. The molecule has 0 aliphatic heterocycles. The minimum atomic E-state index is -2.39. The highest BCUT2D eigenvalue weighted by Crippen LogP contribution is 2.36. The lowest BCUT2D eigenvalue weighted by atomic mass is 10.1. The Morgan fingerprint density at radius 2 is 2.06 bits per heavy atom. The summed E-state index contributed by atoms with van der Waals surface area (Å²) >= 11 is -2.39. The van der Waals surface area contributed by atoms with Crippen molar-refractivity contribution in [1.82, 2.24) is 0 Å². The van der Waals surface area contributed by atoms with Crippen LogP contribution < -0.4 is 0 Å². The van der Waals surface area contributed by atoms with Crippen LogP contribution in [-0.2, 0) is 11.1 Å². The van der Waals surface area contributed by atoms with Crippen molar-refractivity contribution >= 4 is 27.5 Å². The topological polar surface area (TPSA) is 109 Å². The Balaban J connectivity index is 2.84. The van der Waals surface area contributed by atoms with Crippen LogP contribution in [0.3, 0.4) is 0 Å². The first-order valence-corrected chi connectivity index (χ1v) is 5.61. The quantitative estimate of drug-likeness (QED) is 0.381. The third-order valence-corrected chi connectivity index (χ3v) is 3.02. The Bertz CT molecular complexity index is 665. The van der Waals surface area contributed by atoms with Crippen molar-refractivity contribution in [2.75, 3.05) is 0 Å². The van der Waals surface area contributed by atoms with Gasteiger partial charge < -0.3 is 9.66 Å². The highest BCUT2D eigenvalue weighted by Gasteiger charge is 2.08. The monoisotopic (exact) mass is 248 g/mol. The number of hydrogen-bond donors (Lipinski definition) is 1. The number of azide groups is 1. The lowest BCUT2D eigenvalue weighted by molar-refractivity contribution is 0.483. The van der Waals surface area contributed by atoms with E-state index in [0.29, 0.717) is 10.8 Å². The summed E-state index contributed by atoms with van der Waals surface area (Å²) in [5.41, 5.74) is 8.37. The minimum Gasteiger partial charge on any atom is -0.768 e. The van der Waals surface area contributed by atoms with E-state index in [1.807, 2.05) is 0 Å². The van der Waals surface area contributed by atoms with Crippen LogP contribution in [0.5, 0.6) is 5.75 Å². The Morgan fingerprint density at radius 3 is 2.71 bits per heavy atom. The van der Waals surface area contributed by atoms with Crippen molar-refractivity contribution in [3.05, 3.63) is 40.8 Å². The molecule has 0 bridgehead atoms. The van der Waals surface area contributed by atoms with E-state index in [9.17, 15) is 13.9 Å². The highest BCUT2D eigenvalue weighted by molar-refractivity contribution is 7.79. The molecule has 0 aromatic heterocycles. The average molecular weight is 248 g/mol. The van der Waals surface area contributed by atoms with E-state index < -0.39 is 11.1 Å². The lowest BCUT2D eigenvalue weighted by Gasteiger charge is -2.10. The standard InChI is InChI=1S/C10H7N3O3S/c11-13-12-8-5-4-6-7(10(8)14)2-1-3-9(6)17(15)16/h1-5,14H,(H,15,16)/p-1. The number of phenolic OH excluding ortho intramolecular Hbond substituents is 1. The molecule has 0 saturated carbocycles. The van der Waals surface area contributed by atoms with Gasteiger partial charge in [0.1, 0.15) is 5.75 Å². The van der Waals surface area contributed by atoms with Gasteiger partial charge in [0.2, 0.25) is 0 Å². The highest BCUT2D eigenvalue weighted by atomic mass is 32.2. The molecule has 0 radical (unpaired) electrons. The second-order valence-corrected chi connectivity index (χ2v) is 4.12. The molecule has 7 heteroatoms. The molecule has 2 aromatic rings. The van der Waals surface area contributed by atoms with Crippen LogP contribution in [0.1, 0.15) is 0 Å². The van der Waals surface area contributed by atoms with Crippen molar-refractivity contribution in [2.24, 2.45) is 5.11 Å². The molecule has 0 heterocycles. The molecule has 6 nitrogen and oxygen atoms in total. The zero-order valence-corrected chi connectivity index (χ0v) is 9.22. The van der Waals surface area contributed by atoms with Crippen LogP contribution in [0.2, 0.25) is 0 Å². The lowest BCUT2D eigenvalue weighted by Crippen LogP contribution is -1.90. The summed E-state index contributed by atoms with van der Waals surface area (Å²) in [6.45, 7) is 0.